The Morgan fingerprint density at radius 3 is 2.69 bits per heavy atom. The van der Waals surface area contributed by atoms with Gasteiger partial charge in [0.15, 0.2) is 0 Å². The lowest BCUT2D eigenvalue weighted by Gasteiger charge is -2.36. The first kappa shape index (κ1) is 11.6. The van der Waals surface area contributed by atoms with E-state index in [1.807, 2.05) is 0 Å². The van der Waals surface area contributed by atoms with Gasteiger partial charge in [-0.3, -0.25) is 0 Å². The number of nitrogens with zero attached hydrogens (tertiary/aromatic N) is 2. The molecule has 1 aliphatic carbocycles. The molecule has 2 N–H and O–H groups in total. The third kappa shape index (κ3) is 2.62. The molecule has 0 spiro atoms. The minimum absolute atomic E-state index is 0.134. The molecule has 88 valence electrons. The van der Waals surface area contributed by atoms with Crippen molar-refractivity contribution in [2.45, 2.75) is 37.6 Å². The second-order valence-electron chi connectivity index (χ2n) is 4.35. The molecular formula is C11H16ClN3O. The number of anilines is 1. The van der Waals surface area contributed by atoms with Crippen LogP contribution in [-0.2, 0) is 0 Å². The van der Waals surface area contributed by atoms with E-state index in [9.17, 15) is 5.11 Å². The van der Waals surface area contributed by atoms with Gasteiger partial charge in [0.2, 0.25) is 0 Å². The molecule has 0 amide bonds. The van der Waals surface area contributed by atoms with Crippen molar-refractivity contribution in [2.24, 2.45) is 0 Å². The van der Waals surface area contributed by atoms with Gasteiger partial charge in [-0.1, -0.05) is 30.9 Å². The van der Waals surface area contributed by atoms with Gasteiger partial charge in [0.25, 0.3) is 0 Å². The summed E-state index contributed by atoms with van der Waals surface area (Å²) >= 11 is 5.80. The number of aromatic nitrogens is 2. The SMILES string of the molecule is OCC1(Nc2cc(Cl)ncn2)CCCCC1. The maximum Gasteiger partial charge on any atom is 0.134 e. The summed E-state index contributed by atoms with van der Waals surface area (Å²) in [6.45, 7) is 0.134. The lowest BCUT2D eigenvalue weighted by molar-refractivity contribution is 0.172. The van der Waals surface area contributed by atoms with Crippen molar-refractivity contribution in [3.05, 3.63) is 17.5 Å². The van der Waals surface area contributed by atoms with Gasteiger partial charge >= 0.3 is 0 Å². The van der Waals surface area contributed by atoms with Crippen LogP contribution in [0.4, 0.5) is 5.82 Å². The number of aliphatic hydroxyl groups excluding tert-OH is 1. The molecule has 1 aliphatic rings. The van der Waals surface area contributed by atoms with E-state index in [4.69, 9.17) is 11.6 Å². The summed E-state index contributed by atoms with van der Waals surface area (Å²) in [5.74, 6) is 0.691. The number of hydrogen-bond acceptors (Lipinski definition) is 4. The minimum atomic E-state index is -0.226. The van der Waals surface area contributed by atoms with Gasteiger partial charge in [0, 0.05) is 6.07 Å². The van der Waals surface area contributed by atoms with Gasteiger partial charge in [0.1, 0.15) is 17.3 Å². The topological polar surface area (TPSA) is 58.0 Å². The first-order chi connectivity index (χ1) is 7.74. The molecule has 0 unspecified atom stereocenters. The summed E-state index contributed by atoms with van der Waals surface area (Å²) in [5, 5.41) is 13.3. The molecule has 0 bridgehead atoms. The van der Waals surface area contributed by atoms with Crippen LogP contribution in [0.25, 0.3) is 0 Å². The quantitative estimate of drug-likeness (QED) is 0.797. The number of nitrogens with one attached hydrogen (secondary N) is 1. The molecule has 4 nitrogen and oxygen atoms in total. The van der Waals surface area contributed by atoms with Gasteiger partial charge in [-0.15, -0.1) is 0 Å². The van der Waals surface area contributed by atoms with Gasteiger partial charge in [-0.05, 0) is 12.8 Å². The predicted octanol–water partition coefficient (Wildman–Crippen LogP) is 2.24. The highest BCUT2D eigenvalue weighted by molar-refractivity contribution is 6.29. The zero-order valence-electron chi connectivity index (χ0n) is 9.12. The Labute approximate surface area is 100 Å². The van der Waals surface area contributed by atoms with Crippen LogP contribution < -0.4 is 5.32 Å². The largest absolute Gasteiger partial charge is 0.394 e. The van der Waals surface area contributed by atoms with Crippen LogP contribution in [0.2, 0.25) is 5.15 Å². The van der Waals surface area contributed by atoms with Crippen LogP contribution in [-0.4, -0.2) is 27.2 Å². The summed E-state index contributed by atoms with van der Waals surface area (Å²) in [6.07, 6.45) is 6.92. The summed E-state index contributed by atoms with van der Waals surface area (Å²) in [4.78, 5) is 7.94. The lowest BCUT2D eigenvalue weighted by Crippen LogP contribution is -2.44. The Morgan fingerprint density at radius 1 is 1.31 bits per heavy atom. The molecule has 1 saturated carbocycles. The molecule has 0 aromatic carbocycles. The summed E-state index contributed by atoms with van der Waals surface area (Å²) < 4.78 is 0. The molecule has 0 atom stereocenters. The summed E-state index contributed by atoms with van der Waals surface area (Å²) in [5.41, 5.74) is -0.226. The molecule has 0 saturated heterocycles. The Kier molecular flexibility index (Phi) is 3.61. The Balaban J connectivity index is 2.11. The highest BCUT2D eigenvalue weighted by Crippen LogP contribution is 2.30. The molecular weight excluding hydrogens is 226 g/mol. The third-order valence-electron chi connectivity index (χ3n) is 3.14. The van der Waals surface area contributed by atoms with Crippen LogP contribution in [0.5, 0.6) is 0 Å². The maximum absolute atomic E-state index is 9.53. The van der Waals surface area contributed by atoms with Gasteiger partial charge in [0.05, 0.1) is 12.1 Å². The van der Waals surface area contributed by atoms with Crippen LogP contribution in [0.15, 0.2) is 12.4 Å². The first-order valence-corrected chi connectivity index (χ1v) is 5.98. The van der Waals surface area contributed by atoms with E-state index in [1.165, 1.54) is 12.7 Å². The molecule has 0 aliphatic heterocycles. The molecule has 16 heavy (non-hydrogen) atoms. The summed E-state index contributed by atoms with van der Waals surface area (Å²) in [6, 6.07) is 1.69. The zero-order chi connectivity index (χ0) is 11.4. The average molecular weight is 242 g/mol. The van der Waals surface area contributed by atoms with E-state index in [-0.39, 0.29) is 12.1 Å². The van der Waals surface area contributed by atoms with E-state index in [0.717, 1.165) is 25.7 Å². The van der Waals surface area contributed by atoms with E-state index < -0.39 is 0 Å². The highest BCUT2D eigenvalue weighted by Gasteiger charge is 2.31. The monoisotopic (exact) mass is 241 g/mol. The minimum Gasteiger partial charge on any atom is -0.394 e. The van der Waals surface area contributed by atoms with Crippen molar-refractivity contribution < 1.29 is 5.11 Å². The van der Waals surface area contributed by atoms with E-state index in [0.29, 0.717) is 11.0 Å². The normalized spacial score (nSPS) is 19.4. The fraction of sp³-hybridized carbons (Fsp3) is 0.636. The van der Waals surface area contributed by atoms with Gasteiger partial charge < -0.3 is 10.4 Å². The van der Waals surface area contributed by atoms with E-state index in [1.54, 1.807) is 6.07 Å². The number of rotatable bonds is 3. The van der Waals surface area contributed by atoms with E-state index >= 15 is 0 Å². The molecule has 1 heterocycles. The van der Waals surface area contributed by atoms with Crippen molar-refractivity contribution in [3.8, 4) is 0 Å². The first-order valence-electron chi connectivity index (χ1n) is 5.61. The Bertz CT molecular complexity index is 353. The molecule has 1 aromatic heterocycles. The van der Waals surface area contributed by atoms with Gasteiger partial charge in [-0.25, -0.2) is 9.97 Å². The molecule has 2 rings (SSSR count). The van der Waals surface area contributed by atoms with Crippen molar-refractivity contribution >= 4 is 17.4 Å². The zero-order valence-corrected chi connectivity index (χ0v) is 9.87. The second kappa shape index (κ2) is 4.97. The second-order valence-corrected chi connectivity index (χ2v) is 4.74. The third-order valence-corrected chi connectivity index (χ3v) is 3.35. The molecule has 1 aromatic rings. The maximum atomic E-state index is 9.53. The van der Waals surface area contributed by atoms with Crippen molar-refractivity contribution in [3.63, 3.8) is 0 Å². The van der Waals surface area contributed by atoms with E-state index in [2.05, 4.69) is 15.3 Å². The van der Waals surface area contributed by atoms with Crippen LogP contribution >= 0.6 is 11.6 Å². The van der Waals surface area contributed by atoms with Crippen molar-refractivity contribution in [2.75, 3.05) is 11.9 Å². The fourth-order valence-electron chi connectivity index (χ4n) is 2.22. The average Bonchev–Trinajstić information content (AvgIpc) is 2.30. The smallest absolute Gasteiger partial charge is 0.134 e. The van der Waals surface area contributed by atoms with Gasteiger partial charge in [-0.2, -0.15) is 0 Å². The molecule has 1 fully saturated rings. The van der Waals surface area contributed by atoms with Crippen LogP contribution in [0.1, 0.15) is 32.1 Å². The molecule has 5 heteroatoms. The predicted molar refractivity (Wildman–Crippen MR) is 63.6 cm³/mol. The van der Waals surface area contributed by atoms with Crippen molar-refractivity contribution in [1.82, 2.24) is 9.97 Å². The van der Waals surface area contributed by atoms with Crippen LogP contribution in [0.3, 0.4) is 0 Å². The number of halogens is 1. The Morgan fingerprint density at radius 2 is 2.06 bits per heavy atom. The fourth-order valence-corrected chi connectivity index (χ4v) is 2.37. The summed E-state index contributed by atoms with van der Waals surface area (Å²) in [7, 11) is 0. The van der Waals surface area contributed by atoms with Crippen molar-refractivity contribution in [1.29, 1.82) is 0 Å². The van der Waals surface area contributed by atoms with Crippen LogP contribution in [0, 0.1) is 0 Å². The standard InChI is InChI=1S/C11H16ClN3O/c12-9-6-10(14-8-13-9)15-11(7-16)4-2-1-3-5-11/h6,8,16H,1-5,7H2,(H,13,14,15). The number of hydrogen-bond donors (Lipinski definition) is 2. The highest BCUT2D eigenvalue weighted by atomic mass is 35.5. The number of aliphatic hydroxyl groups is 1. The Hall–Kier alpha value is -0.870. The lowest BCUT2D eigenvalue weighted by atomic mass is 9.82. The molecule has 0 radical (unpaired) electrons.